The summed E-state index contributed by atoms with van der Waals surface area (Å²) in [5, 5.41) is 0. The van der Waals surface area contributed by atoms with Gasteiger partial charge < -0.3 is 0 Å². The molecule has 0 atom stereocenters. The largest absolute Gasteiger partial charge is 0.416 e. The van der Waals surface area contributed by atoms with E-state index >= 15 is 0 Å². The van der Waals surface area contributed by atoms with Gasteiger partial charge >= 0.3 is 6.18 Å². The summed E-state index contributed by atoms with van der Waals surface area (Å²) in [5.41, 5.74) is 0.656. The fraction of sp³-hybridized carbons (Fsp3) is 0.0588. The van der Waals surface area contributed by atoms with Gasteiger partial charge in [0.2, 0.25) is 0 Å². The second-order valence-corrected chi connectivity index (χ2v) is 4.79. The van der Waals surface area contributed by atoms with Crippen molar-refractivity contribution in [3.05, 3.63) is 72.4 Å². The smallest absolute Gasteiger partial charge is 0.233 e. The van der Waals surface area contributed by atoms with E-state index in [4.69, 9.17) is 0 Å². The van der Waals surface area contributed by atoms with Crippen LogP contribution in [-0.4, -0.2) is 9.97 Å². The molecule has 3 aromatic rings. The maximum absolute atomic E-state index is 14.0. The van der Waals surface area contributed by atoms with Crippen LogP contribution in [-0.2, 0) is 6.18 Å². The van der Waals surface area contributed by atoms with Crippen molar-refractivity contribution in [2.24, 2.45) is 0 Å². The molecule has 115 valence electrons. The van der Waals surface area contributed by atoms with E-state index in [0.29, 0.717) is 11.1 Å². The number of alkyl halides is 3. The van der Waals surface area contributed by atoms with Gasteiger partial charge in [0.25, 0.3) is 0 Å². The van der Waals surface area contributed by atoms with Crippen LogP contribution in [0.15, 0.2) is 54.7 Å². The third-order valence-corrected chi connectivity index (χ3v) is 3.32. The van der Waals surface area contributed by atoms with Gasteiger partial charge in [-0.25, -0.2) is 14.4 Å². The Morgan fingerprint density at radius 2 is 1.57 bits per heavy atom. The molecule has 0 fully saturated rings. The summed E-state index contributed by atoms with van der Waals surface area (Å²) in [6, 6.07) is 10.6. The Morgan fingerprint density at radius 3 is 2.22 bits per heavy atom. The highest BCUT2D eigenvalue weighted by Gasteiger charge is 2.30. The molecule has 1 heterocycles. The number of aromatic nitrogens is 2. The Morgan fingerprint density at radius 1 is 0.870 bits per heavy atom. The molecule has 0 amide bonds. The minimum atomic E-state index is -4.41. The molecule has 6 heteroatoms. The van der Waals surface area contributed by atoms with Crippen molar-refractivity contribution < 1.29 is 17.6 Å². The van der Waals surface area contributed by atoms with E-state index in [-0.39, 0.29) is 11.3 Å². The molecule has 1 aromatic heterocycles. The lowest BCUT2D eigenvalue weighted by atomic mass is 9.99. The van der Waals surface area contributed by atoms with Crippen molar-refractivity contribution in [1.82, 2.24) is 9.97 Å². The van der Waals surface area contributed by atoms with Gasteiger partial charge in [-0.3, -0.25) is 0 Å². The summed E-state index contributed by atoms with van der Waals surface area (Å²) in [6.45, 7) is 0. The first-order chi connectivity index (χ1) is 11.0. The average Bonchev–Trinajstić information content (AvgIpc) is 2.55. The number of hydrogen-bond acceptors (Lipinski definition) is 2. The van der Waals surface area contributed by atoms with Crippen LogP contribution in [0, 0.1) is 12.1 Å². The predicted molar refractivity (Wildman–Crippen MR) is 76.7 cm³/mol. The van der Waals surface area contributed by atoms with Crippen molar-refractivity contribution in [3.8, 4) is 22.4 Å². The Hall–Kier alpha value is -2.76. The second kappa shape index (κ2) is 5.79. The van der Waals surface area contributed by atoms with Crippen LogP contribution in [0.1, 0.15) is 5.56 Å². The zero-order valence-electron chi connectivity index (χ0n) is 11.6. The van der Waals surface area contributed by atoms with E-state index in [9.17, 15) is 17.6 Å². The van der Waals surface area contributed by atoms with E-state index < -0.39 is 17.6 Å². The molecule has 0 bridgehead atoms. The van der Waals surface area contributed by atoms with E-state index in [1.807, 2.05) is 0 Å². The highest BCUT2D eigenvalue weighted by Crippen LogP contribution is 2.34. The summed E-state index contributed by atoms with van der Waals surface area (Å²) >= 11 is 0. The van der Waals surface area contributed by atoms with Gasteiger partial charge in [-0.05, 0) is 29.8 Å². The topological polar surface area (TPSA) is 25.8 Å². The SMILES string of the molecule is Fc1ccccc1-c1n[c]ncc1-c1ccc(C(F)(F)F)cc1. The third-order valence-electron chi connectivity index (χ3n) is 3.32. The molecule has 0 spiro atoms. The third kappa shape index (κ3) is 3.06. The van der Waals surface area contributed by atoms with Crippen LogP contribution >= 0.6 is 0 Å². The normalized spacial score (nSPS) is 11.5. The molecule has 0 aliphatic rings. The molecular weight excluding hydrogens is 308 g/mol. The minimum absolute atomic E-state index is 0.237. The minimum Gasteiger partial charge on any atom is -0.233 e. The van der Waals surface area contributed by atoms with Crippen LogP contribution in [0.4, 0.5) is 17.6 Å². The first-order valence-electron chi connectivity index (χ1n) is 6.62. The lowest BCUT2D eigenvalue weighted by Crippen LogP contribution is -2.04. The fourth-order valence-corrected chi connectivity index (χ4v) is 2.20. The van der Waals surface area contributed by atoms with Gasteiger partial charge in [0.1, 0.15) is 5.82 Å². The van der Waals surface area contributed by atoms with Crippen LogP contribution in [0.2, 0.25) is 0 Å². The molecule has 0 unspecified atom stereocenters. The summed E-state index contributed by atoms with van der Waals surface area (Å²) < 4.78 is 51.9. The first-order valence-corrected chi connectivity index (χ1v) is 6.62. The molecule has 3 rings (SSSR count). The standard InChI is InChI=1S/C17H9F4N2/c18-15-4-2-1-3-13(15)16-14(9-22-10-23-16)11-5-7-12(8-6-11)17(19,20)21/h1-9H. The van der Waals surface area contributed by atoms with Crippen LogP contribution in [0.3, 0.4) is 0 Å². The van der Waals surface area contributed by atoms with Crippen LogP contribution < -0.4 is 0 Å². The van der Waals surface area contributed by atoms with Gasteiger partial charge in [0.05, 0.1) is 11.3 Å². The first kappa shape index (κ1) is 15.1. The lowest BCUT2D eigenvalue weighted by molar-refractivity contribution is -0.137. The summed E-state index contributed by atoms with van der Waals surface area (Å²) in [6.07, 6.45) is -0.623. The van der Waals surface area contributed by atoms with Gasteiger partial charge in [0.15, 0.2) is 6.33 Å². The number of hydrogen-bond donors (Lipinski definition) is 0. The summed E-state index contributed by atoms with van der Waals surface area (Å²) in [7, 11) is 0. The molecule has 0 saturated heterocycles. The zero-order valence-corrected chi connectivity index (χ0v) is 11.6. The van der Waals surface area contributed by atoms with Crippen molar-refractivity contribution in [1.29, 1.82) is 0 Å². The maximum atomic E-state index is 14.0. The molecule has 1 radical (unpaired) electrons. The van der Waals surface area contributed by atoms with Gasteiger partial charge in [-0.15, -0.1) is 0 Å². The van der Waals surface area contributed by atoms with E-state index in [0.717, 1.165) is 12.1 Å². The molecular formula is C17H9F4N2. The Balaban J connectivity index is 2.10. The van der Waals surface area contributed by atoms with Crippen molar-refractivity contribution >= 4 is 0 Å². The second-order valence-electron chi connectivity index (χ2n) is 4.79. The molecule has 2 aromatic carbocycles. The van der Waals surface area contributed by atoms with Gasteiger partial charge in [-0.1, -0.05) is 24.3 Å². The van der Waals surface area contributed by atoms with Crippen LogP contribution in [0.5, 0.6) is 0 Å². The van der Waals surface area contributed by atoms with E-state index in [2.05, 4.69) is 16.3 Å². The summed E-state index contributed by atoms with van der Waals surface area (Å²) in [4.78, 5) is 7.73. The highest BCUT2D eigenvalue weighted by atomic mass is 19.4. The number of benzene rings is 2. The monoisotopic (exact) mass is 317 g/mol. The molecule has 2 nitrogen and oxygen atoms in total. The molecule has 0 aliphatic heterocycles. The molecule has 0 N–H and O–H groups in total. The summed E-state index contributed by atoms with van der Waals surface area (Å²) in [5.74, 6) is -0.479. The van der Waals surface area contributed by atoms with Crippen molar-refractivity contribution in [2.45, 2.75) is 6.18 Å². The quantitative estimate of drug-likeness (QED) is 0.636. The predicted octanol–water partition coefficient (Wildman–Crippen LogP) is 4.77. The fourth-order valence-electron chi connectivity index (χ4n) is 2.20. The maximum Gasteiger partial charge on any atom is 0.416 e. The van der Waals surface area contributed by atoms with E-state index in [1.54, 1.807) is 18.2 Å². The molecule has 0 aliphatic carbocycles. The number of nitrogens with zero attached hydrogens (tertiary/aromatic N) is 2. The Labute approximate surface area is 129 Å². The van der Waals surface area contributed by atoms with Crippen molar-refractivity contribution in [3.63, 3.8) is 0 Å². The Bertz CT molecular complexity index is 826. The highest BCUT2D eigenvalue weighted by molar-refractivity contribution is 5.80. The van der Waals surface area contributed by atoms with E-state index in [1.165, 1.54) is 24.4 Å². The van der Waals surface area contributed by atoms with Gasteiger partial charge in [0, 0.05) is 17.3 Å². The van der Waals surface area contributed by atoms with Crippen LogP contribution in [0.25, 0.3) is 22.4 Å². The zero-order chi connectivity index (χ0) is 16.4. The number of rotatable bonds is 2. The Kier molecular flexibility index (Phi) is 3.82. The van der Waals surface area contributed by atoms with Gasteiger partial charge in [-0.2, -0.15) is 13.2 Å². The molecule has 0 saturated carbocycles. The average molecular weight is 317 g/mol. The lowest BCUT2D eigenvalue weighted by Gasteiger charge is -2.10. The number of halogens is 4. The van der Waals surface area contributed by atoms with Crippen molar-refractivity contribution in [2.75, 3.05) is 0 Å². The molecule has 23 heavy (non-hydrogen) atoms.